The Morgan fingerprint density at radius 3 is 2.88 bits per heavy atom. The molecule has 1 unspecified atom stereocenters. The maximum absolute atomic E-state index is 6.27. The number of hydrogen-bond acceptors (Lipinski definition) is 3. The molecule has 0 bridgehead atoms. The molecule has 1 atom stereocenters. The van der Waals surface area contributed by atoms with Gasteiger partial charge in [-0.25, -0.2) is 0 Å². The SMILES string of the molecule is CCCn1ncc(Cl)c1C(N)c1ccc(C)s1. The molecule has 3 nitrogen and oxygen atoms in total. The van der Waals surface area contributed by atoms with E-state index in [0.717, 1.165) is 23.5 Å². The third-order valence-electron chi connectivity index (χ3n) is 2.63. The summed E-state index contributed by atoms with van der Waals surface area (Å²) < 4.78 is 1.90. The molecule has 0 saturated carbocycles. The maximum atomic E-state index is 6.27. The van der Waals surface area contributed by atoms with Gasteiger partial charge in [0, 0.05) is 16.3 Å². The third-order valence-corrected chi connectivity index (χ3v) is 4.01. The van der Waals surface area contributed by atoms with E-state index in [4.69, 9.17) is 17.3 Å². The van der Waals surface area contributed by atoms with Crippen molar-refractivity contribution in [3.8, 4) is 0 Å². The Morgan fingerprint density at radius 2 is 2.29 bits per heavy atom. The lowest BCUT2D eigenvalue weighted by molar-refractivity contribution is 0.561. The molecule has 17 heavy (non-hydrogen) atoms. The van der Waals surface area contributed by atoms with E-state index in [1.807, 2.05) is 4.68 Å². The van der Waals surface area contributed by atoms with Crippen molar-refractivity contribution in [2.45, 2.75) is 32.9 Å². The summed E-state index contributed by atoms with van der Waals surface area (Å²) in [6, 6.07) is 3.95. The summed E-state index contributed by atoms with van der Waals surface area (Å²) in [5.74, 6) is 0. The minimum absolute atomic E-state index is 0.185. The highest BCUT2D eigenvalue weighted by Gasteiger charge is 2.19. The van der Waals surface area contributed by atoms with E-state index >= 15 is 0 Å². The van der Waals surface area contributed by atoms with Gasteiger partial charge in [-0.1, -0.05) is 18.5 Å². The van der Waals surface area contributed by atoms with E-state index in [2.05, 4.69) is 31.1 Å². The molecule has 0 radical (unpaired) electrons. The first-order valence-electron chi connectivity index (χ1n) is 5.66. The topological polar surface area (TPSA) is 43.8 Å². The summed E-state index contributed by atoms with van der Waals surface area (Å²) in [6.45, 7) is 5.03. The molecule has 92 valence electrons. The first-order valence-corrected chi connectivity index (χ1v) is 6.86. The molecule has 0 aliphatic rings. The molecule has 2 aromatic rings. The van der Waals surface area contributed by atoms with Gasteiger partial charge in [-0.15, -0.1) is 11.3 Å². The molecule has 0 amide bonds. The normalized spacial score (nSPS) is 12.9. The molecule has 0 fully saturated rings. The van der Waals surface area contributed by atoms with Crippen LogP contribution in [0.1, 0.15) is 34.8 Å². The Balaban J connectivity index is 2.35. The molecular weight excluding hydrogens is 254 g/mol. The standard InChI is InChI=1S/C12H16ClN3S/c1-3-6-16-12(9(13)7-15-16)11(14)10-5-4-8(2)17-10/h4-5,7,11H,3,6,14H2,1-2H3. The highest BCUT2D eigenvalue weighted by atomic mass is 35.5. The zero-order chi connectivity index (χ0) is 12.4. The van der Waals surface area contributed by atoms with Crippen molar-refractivity contribution in [3.05, 3.63) is 38.8 Å². The highest BCUT2D eigenvalue weighted by molar-refractivity contribution is 7.12. The molecule has 2 heterocycles. The van der Waals surface area contributed by atoms with Crippen molar-refractivity contribution in [1.82, 2.24) is 9.78 Å². The van der Waals surface area contributed by atoms with Gasteiger partial charge in [0.25, 0.3) is 0 Å². The number of hydrogen-bond donors (Lipinski definition) is 1. The number of nitrogens with zero attached hydrogens (tertiary/aromatic N) is 2. The van der Waals surface area contributed by atoms with Crippen molar-refractivity contribution in [1.29, 1.82) is 0 Å². The minimum Gasteiger partial charge on any atom is -0.318 e. The summed E-state index contributed by atoms with van der Waals surface area (Å²) >= 11 is 7.88. The second-order valence-corrected chi connectivity index (χ2v) is 5.75. The van der Waals surface area contributed by atoms with Crippen LogP contribution >= 0.6 is 22.9 Å². The zero-order valence-electron chi connectivity index (χ0n) is 9.98. The van der Waals surface area contributed by atoms with Gasteiger partial charge in [-0.3, -0.25) is 4.68 Å². The van der Waals surface area contributed by atoms with Gasteiger partial charge < -0.3 is 5.73 Å². The number of aromatic nitrogens is 2. The van der Waals surface area contributed by atoms with Crippen LogP contribution in [0.15, 0.2) is 18.3 Å². The van der Waals surface area contributed by atoms with Gasteiger partial charge in [-0.05, 0) is 25.5 Å². The lowest BCUT2D eigenvalue weighted by Gasteiger charge is -2.13. The average molecular weight is 270 g/mol. The second kappa shape index (κ2) is 5.21. The molecule has 0 aliphatic carbocycles. The lowest BCUT2D eigenvalue weighted by atomic mass is 10.2. The van der Waals surface area contributed by atoms with Crippen LogP contribution in [-0.2, 0) is 6.54 Å². The fraction of sp³-hybridized carbons (Fsp3) is 0.417. The summed E-state index contributed by atoms with van der Waals surface area (Å²) in [5.41, 5.74) is 7.18. The second-order valence-electron chi connectivity index (χ2n) is 4.03. The van der Waals surface area contributed by atoms with Gasteiger partial charge >= 0.3 is 0 Å². The van der Waals surface area contributed by atoms with E-state index in [-0.39, 0.29) is 6.04 Å². The Labute approximate surface area is 110 Å². The van der Waals surface area contributed by atoms with E-state index in [1.165, 1.54) is 4.88 Å². The molecule has 0 spiro atoms. The van der Waals surface area contributed by atoms with E-state index in [1.54, 1.807) is 17.5 Å². The monoisotopic (exact) mass is 269 g/mol. The zero-order valence-corrected chi connectivity index (χ0v) is 11.6. The Kier molecular flexibility index (Phi) is 3.86. The van der Waals surface area contributed by atoms with Crippen LogP contribution in [0.4, 0.5) is 0 Å². The van der Waals surface area contributed by atoms with Crippen molar-refractivity contribution in [2.24, 2.45) is 5.73 Å². The van der Waals surface area contributed by atoms with Crippen LogP contribution in [0.3, 0.4) is 0 Å². The number of thiophene rings is 1. The van der Waals surface area contributed by atoms with Crippen molar-refractivity contribution in [3.63, 3.8) is 0 Å². The Morgan fingerprint density at radius 1 is 1.53 bits per heavy atom. The number of nitrogens with two attached hydrogens (primary N) is 1. The fourth-order valence-corrected chi connectivity index (χ4v) is 2.97. The summed E-state index contributed by atoms with van der Waals surface area (Å²) in [7, 11) is 0. The average Bonchev–Trinajstić information content (AvgIpc) is 2.86. The molecular formula is C12H16ClN3S. The van der Waals surface area contributed by atoms with Crippen LogP contribution in [0.25, 0.3) is 0 Å². The van der Waals surface area contributed by atoms with Crippen LogP contribution < -0.4 is 5.73 Å². The molecule has 0 saturated heterocycles. The highest BCUT2D eigenvalue weighted by Crippen LogP contribution is 2.30. The smallest absolute Gasteiger partial charge is 0.0837 e. The summed E-state index contributed by atoms with van der Waals surface area (Å²) in [6.07, 6.45) is 2.69. The first-order chi connectivity index (χ1) is 8.13. The Bertz CT molecular complexity index is 504. The van der Waals surface area contributed by atoms with E-state index in [0.29, 0.717) is 5.02 Å². The molecule has 2 aromatic heterocycles. The van der Waals surface area contributed by atoms with Gasteiger partial charge in [0.15, 0.2) is 0 Å². The maximum Gasteiger partial charge on any atom is 0.0837 e. The van der Waals surface area contributed by atoms with Crippen LogP contribution in [0.2, 0.25) is 5.02 Å². The van der Waals surface area contributed by atoms with E-state index < -0.39 is 0 Å². The number of aryl methyl sites for hydroxylation is 2. The summed E-state index contributed by atoms with van der Waals surface area (Å²) in [4.78, 5) is 2.38. The van der Waals surface area contributed by atoms with Crippen LogP contribution in [-0.4, -0.2) is 9.78 Å². The molecule has 5 heteroatoms. The van der Waals surface area contributed by atoms with E-state index in [9.17, 15) is 0 Å². The first kappa shape index (κ1) is 12.6. The Hall–Kier alpha value is -0.840. The van der Waals surface area contributed by atoms with Crippen molar-refractivity contribution in [2.75, 3.05) is 0 Å². The van der Waals surface area contributed by atoms with Gasteiger partial charge in [0.05, 0.1) is 23.0 Å². The fourth-order valence-electron chi connectivity index (χ4n) is 1.83. The minimum atomic E-state index is -0.185. The van der Waals surface area contributed by atoms with Crippen LogP contribution in [0, 0.1) is 6.92 Å². The third kappa shape index (κ3) is 2.54. The quantitative estimate of drug-likeness (QED) is 0.925. The molecule has 0 aromatic carbocycles. The van der Waals surface area contributed by atoms with Gasteiger partial charge in [-0.2, -0.15) is 5.10 Å². The molecule has 2 rings (SSSR count). The van der Waals surface area contributed by atoms with Crippen molar-refractivity contribution >= 4 is 22.9 Å². The summed E-state index contributed by atoms with van der Waals surface area (Å²) in [5, 5.41) is 4.92. The molecule has 2 N–H and O–H groups in total. The predicted octanol–water partition coefficient (Wildman–Crippen LogP) is 3.36. The number of halogens is 1. The van der Waals surface area contributed by atoms with Crippen molar-refractivity contribution < 1.29 is 0 Å². The van der Waals surface area contributed by atoms with Gasteiger partial charge in [0.1, 0.15) is 0 Å². The van der Waals surface area contributed by atoms with Crippen LogP contribution in [0.5, 0.6) is 0 Å². The number of rotatable bonds is 4. The molecule has 0 aliphatic heterocycles. The lowest BCUT2D eigenvalue weighted by Crippen LogP contribution is -2.17. The van der Waals surface area contributed by atoms with Gasteiger partial charge in [0.2, 0.25) is 0 Å². The largest absolute Gasteiger partial charge is 0.318 e. The predicted molar refractivity (Wildman–Crippen MR) is 72.6 cm³/mol.